The fraction of sp³-hybridized carbons (Fsp3) is 1.00. The van der Waals surface area contributed by atoms with E-state index in [1.165, 1.54) is 25.7 Å². The molecule has 1 aliphatic carbocycles. The van der Waals surface area contributed by atoms with Gasteiger partial charge in [0.05, 0.1) is 12.2 Å². The van der Waals surface area contributed by atoms with Gasteiger partial charge in [0.1, 0.15) is 0 Å². The van der Waals surface area contributed by atoms with Gasteiger partial charge in [-0.3, -0.25) is 0 Å². The average molecular weight is 141 g/mol. The normalized spacial score (nSPS) is 36.3. The van der Waals surface area contributed by atoms with Gasteiger partial charge in [-0.2, -0.15) is 0 Å². The highest BCUT2D eigenvalue weighted by molar-refractivity contribution is 4.95. The first-order chi connectivity index (χ1) is 4.85. The molecule has 0 amide bonds. The van der Waals surface area contributed by atoms with Crippen LogP contribution in [-0.2, 0) is 4.74 Å². The van der Waals surface area contributed by atoms with Gasteiger partial charge in [-0.05, 0) is 38.1 Å². The van der Waals surface area contributed by atoms with Crippen LogP contribution in [0.15, 0.2) is 0 Å². The van der Waals surface area contributed by atoms with E-state index in [4.69, 9.17) is 10.5 Å². The molecular weight excluding hydrogens is 126 g/mol. The first-order valence-corrected chi connectivity index (χ1v) is 4.19. The molecule has 1 aliphatic heterocycles. The Morgan fingerprint density at radius 2 is 2.30 bits per heavy atom. The molecule has 2 N–H and O–H groups in total. The highest BCUT2D eigenvalue weighted by atomic mass is 16.5. The van der Waals surface area contributed by atoms with Crippen molar-refractivity contribution >= 4 is 0 Å². The van der Waals surface area contributed by atoms with Gasteiger partial charge in [-0.1, -0.05) is 0 Å². The topological polar surface area (TPSA) is 35.2 Å². The van der Waals surface area contributed by atoms with E-state index in [0.717, 1.165) is 13.2 Å². The predicted octanol–water partition coefficient (Wildman–Crippen LogP) is 0.904. The maximum Gasteiger partial charge on any atom is 0.0686 e. The minimum absolute atomic E-state index is 0.310. The smallest absolute Gasteiger partial charge is 0.0686 e. The molecule has 58 valence electrons. The second-order valence-electron chi connectivity index (χ2n) is 3.65. The molecule has 0 aromatic heterocycles. The average Bonchev–Trinajstić information content (AvgIpc) is 2.29. The van der Waals surface area contributed by atoms with Crippen molar-refractivity contribution in [3.63, 3.8) is 0 Å². The van der Waals surface area contributed by atoms with Gasteiger partial charge < -0.3 is 10.5 Å². The monoisotopic (exact) mass is 141 g/mol. The van der Waals surface area contributed by atoms with E-state index >= 15 is 0 Å². The van der Waals surface area contributed by atoms with Gasteiger partial charge in [0.15, 0.2) is 0 Å². The van der Waals surface area contributed by atoms with Gasteiger partial charge in [0.25, 0.3) is 0 Å². The van der Waals surface area contributed by atoms with Gasteiger partial charge in [0.2, 0.25) is 0 Å². The number of rotatable bonds is 1. The van der Waals surface area contributed by atoms with Crippen molar-refractivity contribution in [3.8, 4) is 0 Å². The van der Waals surface area contributed by atoms with Crippen molar-refractivity contribution in [1.82, 2.24) is 0 Å². The van der Waals surface area contributed by atoms with Crippen molar-refractivity contribution in [2.45, 2.75) is 31.3 Å². The molecule has 10 heavy (non-hydrogen) atoms. The van der Waals surface area contributed by atoms with Crippen LogP contribution >= 0.6 is 0 Å². The number of hydrogen-bond acceptors (Lipinski definition) is 2. The summed E-state index contributed by atoms with van der Waals surface area (Å²) in [5.41, 5.74) is 5.86. The van der Waals surface area contributed by atoms with Gasteiger partial charge >= 0.3 is 0 Å². The maximum atomic E-state index is 5.70. The molecule has 2 nitrogen and oxygen atoms in total. The SMILES string of the molecule is NCC1COC2(CCC2)C1. The summed E-state index contributed by atoms with van der Waals surface area (Å²) >= 11 is 0. The van der Waals surface area contributed by atoms with Crippen molar-refractivity contribution in [1.29, 1.82) is 0 Å². The first-order valence-electron chi connectivity index (χ1n) is 4.19. The third-order valence-electron chi connectivity index (χ3n) is 2.88. The Kier molecular flexibility index (Phi) is 1.46. The van der Waals surface area contributed by atoms with Crippen LogP contribution < -0.4 is 5.73 Å². The Hall–Kier alpha value is -0.0800. The van der Waals surface area contributed by atoms with E-state index in [1.54, 1.807) is 0 Å². The van der Waals surface area contributed by atoms with Crippen LogP contribution in [0.3, 0.4) is 0 Å². The standard InChI is InChI=1S/C8H15NO/c9-5-7-4-8(10-6-7)2-1-3-8/h7H,1-6,9H2. The molecular formula is C8H15NO. The van der Waals surface area contributed by atoms with E-state index in [-0.39, 0.29) is 0 Å². The zero-order valence-electron chi connectivity index (χ0n) is 6.31. The Balaban J connectivity index is 1.92. The predicted molar refractivity (Wildman–Crippen MR) is 39.7 cm³/mol. The van der Waals surface area contributed by atoms with Crippen LogP contribution in [0, 0.1) is 5.92 Å². The Labute approximate surface area is 61.7 Å². The minimum Gasteiger partial charge on any atom is -0.375 e. The van der Waals surface area contributed by atoms with Crippen molar-refractivity contribution in [2.24, 2.45) is 11.7 Å². The minimum atomic E-state index is 0.310. The number of ether oxygens (including phenoxy) is 1. The zero-order valence-corrected chi connectivity index (χ0v) is 6.31. The van der Waals surface area contributed by atoms with Crippen LogP contribution in [0.1, 0.15) is 25.7 Å². The van der Waals surface area contributed by atoms with E-state index in [2.05, 4.69) is 0 Å². The second-order valence-corrected chi connectivity index (χ2v) is 3.65. The highest BCUT2D eigenvalue weighted by Crippen LogP contribution is 2.44. The summed E-state index contributed by atoms with van der Waals surface area (Å²) in [5.74, 6) is 0.653. The molecule has 1 atom stereocenters. The first kappa shape index (κ1) is 6.62. The van der Waals surface area contributed by atoms with Gasteiger partial charge in [-0.25, -0.2) is 0 Å². The molecule has 1 unspecified atom stereocenters. The van der Waals surface area contributed by atoms with E-state index in [0.29, 0.717) is 11.5 Å². The van der Waals surface area contributed by atoms with Crippen molar-refractivity contribution in [2.75, 3.05) is 13.2 Å². The molecule has 2 aliphatic rings. The fourth-order valence-electron chi connectivity index (χ4n) is 2.01. The van der Waals surface area contributed by atoms with Gasteiger partial charge in [0, 0.05) is 0 Å². The van der Waals surface area contributed by atoms with Crippen LogP contribution in [0.25, 0.3) is 0 Å². The summed E-state index contributed by atoms with van der Waals surface area (Å²) < 4.78 is 5.70. The zero-order chi connectivity index (χ0) is 7.03. The lowest BCUT2D eigenvalue weighted by Gasteiger charge is -2.37. The van der Waals surface area contributed by atoms with Crippen LogP contribution in [0.4, 0.5) is 0 Å². The molecule has 0 radical (unpaired) electrons. The molecule has 2 heteroatoms. The lowest BCUT2D eigenvalue weighted by molar-refractivity contribution is -0.0564. The fourth-order valence-corrected chi connectivity index (χ4v) is 2.01. The summed E-state index contributed by atoms with van der Waals surface area (Å²) in [6.07, 6.45) is 5.15. The maximum absolute atomic E-state index is 5.70. The molecule has 2 rings (SSSR count). The second kappa shape index (κ2) is 2.21. The largest absolute Gasteiger partial charge is 0.375 e. The van der Waals surface area contributed by atoms with E-state index in [9.17, 15) is 0 Å². The molecule has 1 saturated heterocycles. The quantitative estimate of drug-likeness (QED) is 0.589. The third kappa shape index (κ3) is 0.867. The summed E-state index contributed by atoms with van der Waals surface area (Å²) in [4.78, 5) is 0. The van der Waals surface area contributed by atoms with Crippen molar-refractivity contribution < 1.29 is 4.74 Å². The van der Waals surface area contributed by atoms with Crippen LogP contribution in [0.2, 0.25) is 0 Å². The molecule has 1 heterocycles. The van der Waals surface area contributed by atoms with E-state index in [1.807, 2.05) is 0 Å². The molecule has 0 bridgehead atoms. The molecule has 1 saturated carbocycles. The lowest BCUT2D eigenvalue weighted by Crippen LogP contribution is -2.36. The van der Waals surface area contributed by atoms with Crippen molar-refractivity contribution in [3.05, 3.63) is 0 Å². The highest BCUT2D eigenvalue weighted by Gasteiger charge is 2.44. The number of hydrogen-bond donors (Lipinski definition) is 1. The molecule has 0 aromatic rings. The van der Waals surface area contributed by atoms with E-state index < -0.39 is 0 Å². The number of nitrogens with two attached hydrogens (primary N) is 1. The molecule has 2 fully saturated rings. The summed E-state index contributed by atoms with van der Waals surface area (Å²) in [7, 11) is 0. The lowest BCUT2D eigenvalue weighted by atomic mass is 9.76. The Bertz CT molecular complexity index is 131. The summed E-state index contributed by atoms with van der Waals surface area (Å²) in [5, 5.41) is 0. The van der Waals surface area contributed by atoms with Crippen LogP contribution in [0.5, 0.6) is 0 Å². The molecule has 1 spiro atoms. The Morgan fingerprint density at radius 1 is 1.50 bits per heavy atom. The molecule has 0 aromatic carbocycles. The third-order valence-corrected chi connectivity index (χ3v) is 2.88. The van der Waals surface area contributed by atoms with Gasteiger partial charge in [-0.15, -0.1) is 0 Å². The van der Waals surface area contributed by atoms with Crippen LogP contribution in [-0.4, -0.2) is 18.8 Å². The summed E-state index contributed by atoms with van der Waals surface area (Å²) in [6.45, 7) is 1.72. The summed E-state index contributed by atoms with van der Waals surface area (Å²) in [6, 6.07) is 0. The Morgan fingerprint density at radius 3 is 2.60 bits per heavy atom.